The molecule has 1 rings (SSSR count). The molecule has 0 bridgehead atoms. The molecule has 0 aliphatic carbocycles. The normalized spacial score (nSPS) is 13.4. The van der Waals surface area contributed by atoms with Gasteiger partial charge >= 0.3 is 0 Å². The molecule has 20 heavy (non-hydrogen) atoms. The van der Waals surface area contributed by atoms with Crippen molar-refractivity contribution in [2.24, 2.45) is 5.41 Å². The van der Waals surface area contributed by atoms with Crippen molar-refractivity contribution in [3.63, 3.8) is 0 Å². The fourth-order valence-electron chi connectivity index (χ4n) is 1.84. The Morgan fingerprint density at radius 2 is 2.20 bits per heavy atom. The second kappa shape index (κ2) is 7.14. The molecule has 0 saturated heterocycles. The van der Waals surface area contributed by atoms with Gasteiger partial charge in [0.15, 0.2) is 0 Å². The lowest BCUT2D eigenvalue weighted by Gasteiger charge is -2.24. The highest BCUT2D eigenvalue weighted by Gasteiger charge is 2.18. The minimum atomic E-state index is -0.450. The highest BCUT2D eigenvalue weighted by atomic mass is 19.1. The highest BCUT2D eigenvalue weighted by Crippen LogP contribution is 2.20. The number of aliphatic hydroxyl groups excluding tert-OH is 1. The Balaban J connectivity index is 2.58. The van der Waals surface area contributed by atoms with Crippen LogP contribution in [-0.2, 0) is 4.79 Å². The minimum absolute atomic E-state index is 0.0108. The predicted molar refractivity (Wildman–Crippen MR) is 76.3 cm³/mol. The molecule has 1 unspecified atom stereocenters. The Kier molecular flexibility index (Phi) is 5.82. The van der Waals surface area contributed by atoms with Gasteiger partial charge in [0, 0.05) is 12.3 Å². The van der Waals surface area contributed by atoms with Gasteiger partial charge in [-0.15, -0.1) is 0 Å². The number of pyridine rings is 1. The van der Waals surface area contributed by atoms with Gasteiger partial charge < -0.3 is 10.4 Å². The molecule has 0 fully saturated rings. The number of nitrogens with zero attached hydrogens (tertiary/aromatic N) is 1. The zero-order chi connectivity index (χ0) is 15.2. The van der Waals surface area contributed by atoms with Crippen LogP contribution in [0.3, 0.4) is 0 Å². The van der Waals surface area contributed by atoms with Crippen LogP contribution in [0.15, 0.2) is 24.5 Å². The molecular weight excluding hydrogens is 259 g/mol. The number of hydrogen-bond donors (Lipinski definition) is 2. The van der Waals surface area contributed by atoms with Crippen LogP contribution in [-0.4, -0.2) is 28.6 Å². The molecule has 1 amide bonds. The zero-order valence-corrected chi connectivity index (χ0v) is 12.1. The lowest BCUT2D eigenvalue weighted by atomic mass is 9.88. The first-order valence-electron chi connectivity index (χ1n) is 6.50. The summed E-state index contributed by atoms with van der Waals surface area (Å²) >= 11 is 0. The molecule has 1 atom stereocenters. The lowest BCUT2D eigenvalue weighted by molar-refractivity contribution is -0.117. The number of rotatable bonds is 5. The van der Waals surface area contributed by atoms with Gasteiger partial charge in [-0.25, -0.2) is 4.39 Å². The summed E-state index contributed by atoms with van der Waals surface area (Å²) in [4.78, 5) is 15.4. The molecule has 4 nitrogen and oxygen atoms in total. The molecule has 0 spiro atoms. The van der Waals surface area contributed by atoms with Crippen molar-refractivity contribution in [3.05, 3.63) is 35.9 Å². The van der Waals surface area contributed by atoms with Crippen molar-refractivity contribution >= 4 is 12.0 Å². The van der Waals surface area contributed by atoms with Crippen LogP contribution in [0.1, 0.15) is 32.8 Å². The molecular formula is C15H21FN2O2. The third kappa shape index (κ3) is 6.43. The summed E-state index contributed by atoms with van der Waals surface area (Å²) in [5, 5.41) is 12.0. The summed E-state index contributed by atoms with van der Waals surface area (Å²) in [7, 11) is 0. The summed E-state index contributed by atoms with van der Waals surface area (Å²) < 4.78 is 12.9. The van der Waals surface area contributed by atoms with Crippen LogP contribution < -0.4 is 5.32 Å². The van der Waals surface area contributed by atoms with Crippen molar-refractivity contribution in [2.75, 3.05) is 6.61 Å². The van der Waals surface area contributed by atoms with Gasteiger partial charge in [-0.1, -0.05) is 20.8 Å². The van der Waals surface area contributed by atoms with Crippen molar-refractivity contribution in [3.8, 4) is 0 Å². The van der Waals surface area contributed by atoms with Crippen LogP contribution in [0.5, 0.6) is 0 Å². The molecule has 5 heteroatoms. The van der Waals surface area contributed by atoms with Crippen LogP contribution in [0.2, 0.25) is 0 Å². The molecule has 0 aliphatic heterocycles. The first-order chi connectivity index (χ1) is 9.30. The van der Waals surface area contributed by atoms with E-state index in [0.29, 0.717) is 12.0 Å². The average molecular weight is 280 g/mol. The summed E-state index contributed by atoms with van der Waals surface area (Å²) in [6, 6.07) is 0.993. The van der Waals surface area contributed by atoms with Gasteiger partial charge in [0.1, 0.15) is 5.82 Å². The molecule has 2 N–H and O–H groups in total. The van der Waals surface area contributed by atoms with E-state index in [0.717, 1.165) is 6.20 Å². The van der Waals surface area contributed by atoms with E-state index >= 15 is 0 Å². The third-order valence-electron chi connectivity index (χ3n) is 2.58. The number of amides is 1. The lowest BCUT2D eigenvalue weighted by Crippen LogP contribution is -2.39. The number of nitrogens with one attached hydrogen (secondary N) is 1. The van der Waals surface area contributed by atoms with E-state index < -0.39 is 5.82 Å². The maximum atomic E-state index is 12.9. The second-order valence-electron chi connectivity index (χ2n) is 5.92. The summed E-state index contributed by atoms with van der Waals surface area (Å²) in [6.45, 7) is 6.00. The van der Waals surface area contributed by atoms with Crippen LogP contribution in [0.4, 0.5) is 4.39 Å². The molecule has 0 radical (unpaired) electrons. The number of halogens is 1. The van der Waals surface area contributed by atoms with Crippen molar-refractivity contribution in [1.29, 1.82) is 0 Å². The first-order valence-corrected chi connectivity index (χ1v) is 6.50. The summed E-state index contributed by atoms with van der Waals surface area (Å²) in [5.74, 6) is -0.772. The molecule has 1 aromatic heterocycles. The smallest absolute Gasteiger partial charge is 0.244 e. The number of hydrogen-bond acceptors (Lipinski definition) is 3. The fourth-order valence-corrected chi connectivity index (χ4v) is 1.84. The van der Waals surface area contributed by atoms with Gasteiger partial charge in [-0.05, 0) is 29.5 Å². The van der Waals surface area contributed by atoms with E-state index in [1.54, 1.807) is 0 Å². The van der Waals surface area contributed by atoms with E-state index in [4.69, 9.17) is 0 Å². The van der Waals surface area contributed by atoms with E-state index in [9.17, 15) is 14.3 Å². The Labute approximate surface area is 118 Å². The van der Waals surface area contributed by atoms with Gasteiger partial charge in [-0.2, -0.15) is 0 Å². The molecule has 1 aromatic rings. The number of carbonyl (C=O) groups is 1. The maximum absolute atomic E-state index is 12.9. The number of aromatic nitrogens is 1. The van der Waals surface area contributed by atoms with E-state index in [-0.39, 0.29) is 24.0 Å². The molecule has 0 aromatic carbocycles. The maximum Gasteiger partial charge on any atom is 0.244 e. The van der Waals surface area contributed by atoms with E-state index in [2.05, 4.69) is 10.3 Å². The zero-order valence-electron chi connectivity index (χ0n) is 12.1. The standard InChI is InChI=1S/C15H21FN2O2/c1-15(2,3)7-13(10-19)18-14(20)5-4-11-6-12(16)9-17-8-11/h4-6,8-9,13,19H,7,10H2,1-3H3,(H,18,20)/b5-4+. The van der Waals surface area contributed by atoms with Crippen LogP contribution >= 0.6 is 0 Å². The Bertz CT molecular complexity index is 481. The number of carbonyl (C=O) groups excluding carboxylic acids is 1. The molecule has 110 valence electrons. The third-order valence-corrected chi connectivity index (χ3v) is 2.58. The predicted octanol–water partition coefficient (Wildman–Crippen LogP) is 2.15. The molecule has 0 saturated carbocycles. The Morgan fingerprint density at radius 3 is 2.75 bits per heavy atom. The molecule has 0 aliphatic rings. The Morgan fingerprint density at radius 1 is 1.50 bits per heavy atom. The Hall–Kier alpha value is -1.75. The van der Waals surface area contributed by atoms with Crippen molar-refractivity contribution in [2.45, 2.75) is 33.2 Å². The SMILES string of the molecule is CC(C)(C)CC(CO)NC(=O)/C=C/c1cncc(F)c1. The van der Waals surface area contributed by atoms with Crippen LogP contribution in [0.25, 0.3) is 6.08 Å². The summed E-state index contributed by atoms with van der Waals surface area (Å²) in [5.41, 5.74) is 0.521. The monoisotopic (exact) mass is 280 g/mol. The highest BCUT2D eigenvalue weighted by molar-refractivity contribution is 5.91. The topological polar surface area (TPSA) is 62.2 Å². The minimum Gasteiger partial charge on any atom is -0.394 e. The molecule has 1 heterocycles. The first kappa shape index (κ1) is 16.3. The van der Waals surface area contributed by atoms with Crippen molar-refractivity contribution in [1.82, 2.24) is 10.3 Å². The van der Waals surface area contributed by atoms with Crippen molar-refractivity contribution < 1.29 is 14.3 Å². The van der Waals surface area contributed by atoms with Gasteiger partial charge in [-0.3, -0.25) is 9.78 Å². The van der Waals surface area contributed by atoms with Gasteiger partial charge in [0.25, 0.3) is 0 Å². The van der Waals surface area contributed by atoms with E-state index in [1.165, 1.54) is 24.4 Å². The number of aliphatic hydroxyl groups is 1. The fraction of sp³-hybridized carbons (Fsp3) is 0.467. The van der Waals surface area contributed by atoms with Crippen LogP contribution in [0, 0.1) is 11.2 Å². The van der Waals surface area contributed by atoms with Gasteiger partial charge in [0.05, 0.1) is 18.8 Å². The van der Waals surface area contributed by atoms with Gasteiger partial charge in [0.2, 0.25) is 5.91 Å². The quantitative estimate of drug-likeness (QED) is 0.812. The second-order valence-corrected chi connectivity index (χ2v) is 5.92. The largest absolute Gasteiger partial charge is 0.394 e. The summed E-state index contributed by atoms with van der Waals surface area (Å²) in [6.07, 6.45) is 6.03. The van der Waals surface area contributed by atoms with E-state index in [1.807, 2.05) is 20.8 Å². The average Bonchev–Trinajstić information content (AvgIpc) is 2.34.